The van der Waals surface area contributed by atoms with Gasteiger partial charge < -0.3 is 10.3 Å². The lowest BCUT2D eigenvalue weighted by Crippen LogP contribution is -2.38. The van der Waals surface area contributed by atoms with E-state index in [1.54, 1.807) is 24.3 Å². The van der Waals surface area contributed by atoms with Crippen LogP contribution in [0.15, 0.2) is 29.1 Å². The molecule has 1 aromatic heterocycles. The number of aromatic hydroxyl groups is 1. The first kappa shape index (κ1) is 10.5. The van der Waals surface area contributed by atoms with Gasteiger partial charge >= 0.3 is 11.4 Å². The molecule has 0 atom stereocenters. The zero-order valence-corrected chi connectivity index (χ0v) is 9.04. The number of aromatic nitrogens is 2. The Morgan fingerprint density at radius 2 is 2.00 bits per heavy atom. The number of fused-ring (bicyclic) bond motifs is 1. The van der Waals surface area contributed by atoms with Crippen molar-refractivity contribution >= 4 is 11.0 Å². The minimum Gasteiger partial charge on any atom is -0.615 e. The van der Waals surface area contributed by atoms with E-state index in [-0.39, 0.29) is 16.3 Å². The molecule has 84 valence electrons. The zero-order chi connectivity index (χ0) is 11.9. The normalized spacial score (nSPS) is 11.2. The van der Waals surface area contributed by atoms with Crippen molar-refractivity contribution in [2.75, 3.05) is 0 Å². The zero-order valence-electron chi connectivity index (χ0n) is 9.04. The van der Waals surface area contributed by atoms with E-state index in [2.05, 4.69) is 0 Å². The van der Waals surface area contributed by atoms with E-state index in [1.165, 1.54) is 4.57 Å². The highest BCUT2D eigenvalue weighted by Crippen LogP contribution is 2.14. The largest absolute Gasteiger partial charge is 0.615 e. The number of benzene rings is 1. The third-order valence-corrected chi connectivity index (χ3v) is 2.48. The Bertz CT molecular complexity index is 602. The molecule has 2 aromatic rings. The number of nitrogens with zero attached hydrogens (tertiary/aromatic N) is 2. The molecule has 0 radical (unpaired) electrons. The van der Waals surface area contributed by atoms with Gasteiger partial charge in [-0.05, 0) is 19.9 Å². The van der Waals surface area contributed by atoms with Crippen LogP contribution in [0.3, 0.4) is 0 Å². The first-order chi connectivity index (χ1) is 7.54. The van der Waals surface area contributed by atoms with Crippen molar-refractivity contribution in [3.63, 3.8) is 0 Å². The summed E-state index contributed by atoms with van der Waals surface area (Å²) in [7, 11) is 0. The van der Waals surface area contributed by atoms with Crippen LogP contribution in [-0.4, -0.2) is 9.67 Å². The van der Waals surface area contributed by atoms with Crippen LogP contribution in [-0.2, 0) is 0 Å². The molecule has 0 unspecified atom stereocenters. The average Bonchev–Trinajstić information content (AvgIpc) is 2.26. The second-order valence-electron chi connectivity index (χ2n) is 3.88. The molecule has 5 heteroatoms. The minimum absolute atomic E-state index is 0.121. The molecule has 0 aliphatic heterocycles. The molecule has 1 aromatic carbocycles. The summed E-state index contributed by atoms with van der Waals surface area (Å²) in [6.45, 7) is 3.64. The predicted molar refractivity (Wildman–Crippen MR) is 59.2 cm³/mol. The van der Waals surface area contributed by atoms with Gasteiger partial charge in [0.25, 0.3) is 0 Å². The number of rotatable bonds is 1. The van der Waals surface area contributed by atoms with Crippen molar-refractivity contribution in [3.05, 3.63) is 39.8 Å². The summed E-state index contributed by atoms with van der Waals surface area (Å²) in [5, 5.41) is 21.0. The van der Waals surface area contributed by atoms with Crippen molar-refractivity contribution in [1.29, 1.82) is 0 Å². The molecule has 0 fully saturated rings. The third kappa shape index (κ3) is 1.32. The van der Waals surface area contributed by atoms with Crippen LogP contribution in [0.2, 0.25) is 0 Å². The van der Waals surface area contributed by atoms with E-state index >= 15 is 0 Å². The molecule has 0 bridgehead atoms. The molecule has 1 heterocycles. The predicted octanol–water partition coefficient (Wildman–Crippen LogP) is 0.921. The highest BCUT2D eigenvalue weighted by Gasteiger charge is 2.20. The topological polar surface area (TPSA) is 69.2 Å². The summed E-state index contributed by atoms with van der Waals surface area (Å²) in [5.41, 5.74) is 0.146. The molecule has 0 spiro atoms. The van der Waals surface area contributed by atoms with Gasteiger partial charge in [-0.3, -0.25) is 9.36 Å². The molecular formula is C11H12N2O3. The molecule has 0 saturated heterocycles. The van der Waals surface area contributed by atoms with Gasteiger partial charge in [0, 0.05) is 12.1 Å². The lowest BCUT2D eigenvalue weighted by molar-refractivity contribution is -0.587. The van der Waals surface area contributed by atoms with Crippen LogP contribution in [0.25, 0.3) is 11.0 Å². The number of hydrogen-bond acceptors (Lipinski definition) is 3. The molecule has 0 aliphatic rings. The van der Waals surface area contributed by atoms with E-state index in [1.807, 2.05) is 13.8 Å². The second kappa shape index (κ2) is 3.52. The van der Waals surface area contributed by atoms with E-state index in [0.717, 1.165) is 0 Å². The highest BCUT2D eigenvalue weighted by atomic mass is 16.5. The Morgan fingerprint density at radius 1 is 1.38 bits per heavy atom. The Morgan fingerprint density at radius 3 is 2.62 bits per heavy atom. The van der Waals surface area contributed by atoms with Gasteiger partial charge in [0.1, 0.15) is 5.52 Å². The SMILES string of the molecule is CC(C)n1c(=O)c(O)[n+]([O-])c2ccccc21. The monoisotopic (exact) mass is 220 g/mol. The van der Waals surface area contributed by atoms with Crippen LogP contribution in [0.1, 0.15) is 19.9 Å². The summed E-state index contributed by atoms with van der Waals surface area (Å²) in [5.74, 6) is -0.785. The molecule has 0 amide bonds. The molecule has 16 heavy (non-hydrogen) atoms. The molecule has 2 rings (SSSR count). The van der Waals surface area contributed by atoms with Gasteiger partial charge in [0.05, 0.1) is 0 Å². The highest BCUT2D eigenvalue weighted by molar-refractivity contribution is 5.71. The van der Waals surface area contributed by atoms with Crippen molar-refractivity contribution < 1.29 is 9.84 Å². The third-order valence-electron chi connectivity index (χ3n) is 2.48. The smallest absolute Gasteiger partial charge is 0.445 e. The first-order valence-electron chi connectivity index (χ1n) is 4.99. The molecular weight excluding hydrogens is 208 g/mol. The average molecular weight is 220 g/mol. The van der Waals surface area contributed by atoms with Crippen LogP contribution in [0.5, 0.6) is 5.88 Å². The van der Waals surface area contributed by atoms with Crippen LogP contribution in [0, 0.1) is 5.21 Å². The lowest BCUT2D eigenvalue weighted by Gasteiger charge is -2.13. The van der Waals surface area contributed by atoms with Crippen molar-refractivity contribution in [1.82, 2.24) is 4.57 Å². The maximum atomic E-state index is 11.7. The Hall–Kier alpha value is -2.04. The van der Waals surface area contributed by atoms with Crippen molar-refractivity contribution in [2.24, 2.45) is 0 Å². The summed E-state index contributed by atoms with van der Waals surface area (Å²) in [6.07, 6.45) is 0. The number of hydrogen-bond donors (Lipinski definition) is 1. The Labute approximate surface area is 91.8 Å². The van der Waals surface area contributed by atoms with E-state index in [0.29, 0.717) is 5.52 Å². The first-order valence-corrected chi connectivity index (χ1v) is 4.99. The van der Waals surface area contributed by atoms with Crippen LogP contribution >= 0.6 is 0 Å². The molecule has 1 N–H and O–H groups in total. The Balaban J connectivity index is 3.04. The maximum Gasteiger partial charge on any atom is 0.445 e. The van der Waals surface area contributed by atoms with E-state index in [9.17, 15) is 15.1 Å². The summed E-state index contributed by atoms with van der Waals surface area (Å²) >= 11 is 0. The van der Waals surface area contributed by atoms with Crippen molar-refractivity contribution in [3.8, 4) is 5.88 Å². The summed E-state index contributed by atoms with van der Waals surface area (Å²) in [6, 6.07) is 6.57. The number of para-hydroxylation sites is 2. The van der Waals surface area contributed by atoms with Crippen molar-refractivity contribution in [2.45, 2.75) is 19.9 Å². The van der Waals surface area contributed by atoms with Gasteiger partial charge in [-0.15, -0.1) is 4.73 Å². The Kier molecular flexibility index (Phi) is 2.30. The fourth-order valence-electron chi connectivity index (χ4n) is 1.77. The lowest BCUT2D eigenvalue weighted by atomic mass is 10.2. The van der Waals surface area contributed by atoms with E-state index < -0.39 is 11.4 Å². The van der Waals surface area contributed by atoms with Gasteiger partial charge in [0.2, 0.25) is 5.52 Å². The van der Waals surface area contributed by atoms with Gasteiger partial charge in [-0.25, -0.2) is 0 Å². The fourth-order valence-corrected chi connectivity index (χ4v) is 1.77. The maximum absolute atomic E-state index is 11.7. The van der Waals surface area contributed by atoms with Crippen LogP contribution in [0.4, 0.5) is 0 Å². The summed E-state index contributed by atoms with van der Waals surface area (Å²) in [4.78, 5) is 11.7. The standard InChI is InChI=1S/C11H12N2O3/c1-7(2)12-8-5-3-4-6-9(8)13(16)11(15)10(12)14/h3-7,15H,1-2H3. The molecule has 0 aliphatic carbocycles. The van der Waals surface area contributed by atoms with Gasteiger partial charge in [-0.1, -0.05) is 12.1 Å². The quantitative estimate of drug-likeness (QED) is 0.574. The van der Waals surface area contributed by atoms with Crippen LogP contribution < -0.4 is 10.3 Å². The fraction of sp³-hybridized carbons (Fsp3) is 0.273. The van der Waals surface area contributed by atoms with Gasteiger partial charge in [-0.2, -0.15) is 0 Å². The summed E-state index contributed by atoms with van der Waals surface area (Å²) < 4.78 is 1.66. The molecule has 5 nitrogen and oxygen atoms in total. The van der Waals surface area contributed by atoms with Gasteiger partial charge in [0.15, 0.2) is 0 Å². The minimum atomic E-state index is -0.785. The van der Waals surface area contributed by atoms with E-state index in [4.69, 9.17) is 0 Å². The second-order valence-corrected chi connectivity index (χ2v) is 3.88. The molecule has 0 saturated carbocycles.